The Labute approximate surface area is 114 Å². The van der Waals surface area contributed by atoms with Crippen LogP contribution in [0.15, 0.2) is 4.99 Å². The first-order chi connectivity index (χ1) is 8.86. The molecule has 1 aliphatic heterocycles. The van der Waals surface area contributed by atoms with Gasteiger partial charge < -0.3 is 10.1 Å². The van der Waals surface area contributed by atoms with E-state index in [1.54, 1.807) is 0 Å². The minimum absolute atomic E-state index is 0.409. The zero-order chi connectivity index (χ0) is 12.3. The lowest BCUT2D eigenvalue weighted by molar-refractivity contribution is 0.123. The zero-order valence-electron chi connectivity index (χ0n) is 11.1. The molecule has 4 heteroatoms. The fourth-order valence-corrected chi connectivity index (χ4v) is 4.04. The van der Waals surface area contributed by atoms with Gasteiger partial charge in [0.25, 0.3) is 0 Å². The van der Waals surface area contributed by atoms with Gasteiger partial charge in [0.05, 0.1) is 0 Å². The van der Waals surface area contributed by atoms with Crippen molar-refractivity contribution in [2.24, 2.45) is 10.9 Å². The lowest BCUT2D eigenvalue weighted by Gasteiger charge is -2.21. The van der Waals surface area contributed by atoms with Crippen molar-refractivity contribution in [1.82, 2.24) is 5.32 Å². The molecule has 0 bridgehead atoms. The quantitative estimate of drug-likeness (QED) is 0.752. The van der Waals surface area contributed by atoms with Crippen LogP contribution in [0.25, 0.3) is 0 Å². The third kappa shape index (κ3) is 3.41. The van der Waals surface area contributed by atoms with Crippen LogP contribution >= 0.6 is 11.8 Å². The summed E-state index contributed by atoms with van der Waals surface area (Å²) in [6, 6.07) is 0. The Kier molecular flexibility index (Phi) is 4.14. The first kappa shape index (κ1) is 12.8. The maximum Gasteiger partial charge on any atom is 0.157 e. The maximum atomic E-state index is 5.62. The highest BCUT2D eigenvalue weighted by atomic mass is 32.2. The van der Waals surface area contributed by atoms with Gasteiger partial charge in [-0.15, -0.1) is 0 Å². The monoisotopic (exact) mass is 268 g/mol. The van der Waals surface area contributed by atoms with Gasteiger partial charge in [-0.05, 0) is 38.0 Å². The third-order valence-electron chi connectivity index (χ3n) is 4.17. The molecule has 0 aromatic heterocycles. The molecule has 0 radical (unpaired) electrons. The fraction of sp³-hybridized carbons (Fsp3) is 0.929. The summed E-state index contributed by atoms with van der Waals surface area (Å²) < 4.78 is 5.62. The fourth-order valence-electron chi connectivity index (χ4n) is 2.79. The van der Waals surface area contributed by atoms with E-state index in [-0.39, 0.29) is 0 Å². The van der Waals surface area contributed by atoms with Crippen molar-refractivity contribution < 1.29 is 4.74 Å². The van der Waals surface area contributed by atoms with Gasteiger partial charge in [-0.2, -0.15) is 0 Å². The second-order valence-electron chi connectivity index (χ2n) is 5.96. The number of hydrogen-bond donors (Lipinski definition) is 1. The Morgan fingerprint density at radius 2 is 2.17 bits per heavy atom. The standard InChI is InChI=1S/C14H24N2OS/c1-2-7-14(6-1)11-18-13(16-14)15-8-3-9-17-10-12-4-5-12/h12H,1-11H2,(H,15,16). The number of aliphatic imine (C=N–C) groups is 1. The smallest absolute Gasteiger partial charge is 0.157 e. The van der Waals surface area contributed by atoms with Crippen molar-refractivity contribution in [3.8, 4) is 0 Å². The molecular weight excluding hydrogens is 244 g/mol. The second kappa shape index (κ2) is 5.83. The van der Waals surface area contributed by atoms with Crippen LogP contribution in [0.5, 0.6) is 0 Å². The Bertz CT molecular complexity index is 309. The van der Waals surface area contributed by atoms with Gasteiger partial charge in [-0.1, -0.05) is 24.6 Å². The summed E-state index contributed by atoms with van der Waals surface area (Å²) in [5.41, 5.74) is 0.409. The Morgan fingerprint density at radius 1 is 1.33 bits per heavy atom. The van der Waals surface area contributed by atoms with E-state index in [1.165, 1.54) is 49.4 Å². The maximum absolute atomic E-state index is 5.62. The number of hydrogen-bond acceptors (Lipinski definition) is 3. The minimum Gasteiger partial charge on any atom is -0.381 e. The molecule has 3 rings (SSSR count). The van der Waals surface area contributed by atoms with Gasteiger partial charge >= 0.3 is 0 Å². The van der Waals surface area contributed by atoms with E-state index >= 15 is 0 Å². The molecule has 3 aliphatic rings. The number of amidine groups is 1. The lowest BCUT2D eigenvalue weighted by atomic mass is 10.0. The molecule has 0 atom stereocenters. The SMILES string of the molecule is C(CN=C1NC2(CCCC2)CS1)COCC1CC1. The molecule has 102 valence electrons. The second-order valence-corrected chi connectivity index (χ2v) is 6.92. The molecule has 2 saturated carbocycles. The van der Waals surface area contributed by atoms with Crippen LogP contribution in [0.1, 0.15) is 44.9 Å². The predicted octanol–water partition coefficient (Wildman–Crippen LogP) is 2.81. The minimum atomic E-state index is 0.409. The molecule has 2 aliphatic carbocycles. The van der Waals surface area contributed by atoms with Crippen molar-refractivity contribution in [3.05, 3.63) is 0 Å². The zero-order valence-corrected chi connectivity index (χ0v) is 11.9. The average Bonchev–Trinajstić information content (AvgIpc) is 2.96. The molecule has 3 nitrogen and oxygen atoms in total. The summed E-state index contributed by atoms with van der Waals surface area (Å²) in [6.07, 6.45) is 9.26. The van der Waals surface area contributed by atoms with E-state index in [2.05, 4.69) is 10.3 Å². The average molecular weight is 268 g/mol. The highest BCUT2D eigenvalue weighted by Gasteiger charge is 2.39. The molecule has 1 saturated heterocycles. The van der Waals surface area contributed by atoms with E-state index < -0.39 is 0 Å². The van der Waals surface area contributed by atoms with Crippen LogP contribution < -0.4 is 5.32 Å². The van der Waals surface area contributed by atoms with Crippen LogP contribution in [-0.4, -0.2) is 36.2 Å². The number of nitrogens with one attached hydrogen (secondary N) is 1. The molecular formula is C14H24N2OS. The molecule has 1 heterocycles. The number of thioether (sulfide) groups is 1. The van der Waals surface area contributed by atoms with Gasteiger partial charge in [0.15, 0.2) is 5.17 Å². The molecule has 0 aromatic carbocycles. The Morgan fingerprint density at radius 3 is 2.94 bits per heavy atom. The van der Waals surface area contributed by atoms with Crippen molar-refractivity contribution >= 4 is 16.9 Å². The normalized spacial score (nSPS) is 28.1. The van der Waals surface area contributed by atoms with Gasteiger partial charge in [0.1, 0.15) is 0 Å². The van der Waals surface area contributed by atoms with E-state index in [1.807, 2.05) is 11.8 Å². The van der Waals surface area contributed by atoms with Crippen LogP contribution in [-0.2, 0) is 4.74 Å². The molecule has 0 aromatic rings. The molecule has 3 fully saturated rings. The lowest BCUT2D eigenvalue weighted by Crippen LogP contribution is -2.40. The first-order valence-corrected chi connectivity index (χ1v) is 8.38. The predicted molar refractivity (Wildman–Crippen MR) is 77.3 cm³/mol. The van der Waals surface area contributed by atoms with Crippen LogP contribution in [0.4, 0.5) is 0 Å². The molecule has 0 amide bonds. The molecule has 0 unspecified atom stereocenters. The van der Waals surface area contributed by atoms with Crippen molar-refractivity contribution in [2.45, 2.75) is 50.5 Å². The third-order valence-corrected chi connectivity index (χ3v) is 5.37. The highest BCUT2D eigenvalue weighted by Crippen LogP contribution is 2.37. The van der Waals surface area contributed by atoms with Crippen molar-refractivity contribution in [1.29, 1.82) is 0 Å². The van der Waals surface area contributed by atoms with Gasteiger partial charge in [-0.25, -0.2) is 0 Å². The summed E-state index contributed by atoms with van der Waals surface area (Å²) in [5.74, 6) is 2.11. The largest absolute Gasteiger partial charge is 0.381 e. The summed E-state index contributed by atoms with van der Waals surface area (Å²) in [4.78, 5) is 4.66. The molecule has 18 heavy (non-hydrogen) atoms. The van der Waals surface area contributed by atoms with Gasteiger partial charge in [0, 0.05) is 31.1 Å². The van der Waals surface area contributed by atoms with E-state index in [0.29, 0.717) is 5.54 Å². The van der Waals surface area contributed by atoms with Crippen LogP contribution in [0, 0.1) is 5.92 Å². The van der Waals surface area contributed by atoms with Crippen LogP contribution in [0.3, 0.4) is 0 Å². The summed E-state index contributed by atoms with van der Waals surface area (Å²) in [7, 11) is 0. The van der Waals surface area contributed by atoms with E-state index in [0.717, 1.165) is 32.1 Å². The van der Waals surface area contributed by atoms with E-state index in [4.69, 9.17) is 4.74 Å². The van der Waals surface area contributed by atoms with Crippen LogP contribution in [0.2, 0.25) is 0 Å². The Hall–Kier alpha value is -0.220. The summed E-state index contributed by atoms with van der Waals surface area (Å²) >= 11 is 1.92. The Balaban J connectivity index is 1.30. The van der Waals surface area contributed by atoms with Crippen molar-refractivity contribution in [2.75, 3.05) is 25.5 Å². The first-order valence-electron chi connectivity index (χ1n) is 7.40. The summed E-state index contributed by atoms with van der Waals surface area (Å²) in [5, 5.41) is 4.84. The molecule has 1 spiro atoms. The van der Waals surface area contributed by atoms with Gasteiger partial charge in [-0.3, -0.25) is 4.99 Å². The van der Waals surface area contributed by atoms with Crippen molar-refractivity contribution in [3.63, 3.8) is 0 Å². The summed E-state index contributed by atoms with van der Waals surface area (Å²) in [6.45, 7) is 2.77. The topological polar surface area (TPSA) is 33.6 Å². The molecule has 1 N–H and O–H groups in total. The number of ether oxygens (including phenoxy) is 1. The number of nitrogens with zero attached hydrogens (tertiary/aromatic N) is 1. The van der Waals surface area contributed by atoms with E-state index in [9.17, 15) is 0 Å². The van der Waals surface area contributed by atoms with Gasteiger partial charge in [0.2, 0.25) is 0 Å². The highest BCUT2D eigenvalue weighted by molar-refractivity contribution is 8.14. The number of rotatable bonds is 6.